The molecule has 2 aromatic carbocycles. The summed E-state index contributed by atoms with van der Waals surface area (Å²) in [5, 5.41) is 3.00. The summed E-state index contributed by atoms with van der Waals surface area (Å²) < 4.78 is 17.6. The van der Waals surface area contributed by atoms with Crippen molar-refractivity contribution in [3.05, 3.63) is 53.1 Å². The predicted octanol–water partition coefficient (Wildman–Crippen LogP) is 5.47. The molecule has 1 N–H and O–H groups in total. The van der Waals surface area contributed by atoms with Crippen molar-refractivity contribution in [1.82, 2.24) is 0 Å². The molecule has 31 heavy (non-hydrogen) atoms. The number of benzene rings is 2. The van der Waals surface area contributed by atoms with Crippen LogP contribution in [0.4, 0.5) is 5.69 Å². The lowest BCUT2D eigenvalue weighted by atomic mass is 9.94. The zero-order valence-corrected chi connectivity index (χ0v) is 18.2. The second kappa shape index (κ2) is 8.91. The van der Waals surface area contributed by atoms with Crippen molar-refractivity contribution in [1.29, 1.82) is 0 Å². The highest BCUT2D eigenvalue weighted by Gasteiger charge is 2.25. The number of amides is 1. The van der Waals surface area contributed by atoms with Gasteiger partial charge in [0.05, 0.1) is 6.61 Å². The number of ether oxygens (including phenoxy) is 3. The van der Waals surface area contributed by atoms with Crippen molar-refractivity contribution in [3.63, 3.8) is 0 Å². The minimum atomic E-state index is -0.0986. The molecule has 1 aliphatic heterocycles. The topological polar surface area (TPSA) is 56.8 Å². The standard InChI is InChI=1S/C26H31NO4/c1-17-12-20(19-4-2-3-5-19)8-10-23(17)26(28)27-21-9-11-24-25(13-21)30-16-22(31-24)15-29-14-18-6-7-18/h8-13,18-19,22H,2-7,14-16H2,1H3,(H,27,28). The monoisotopic (exact) mass is 421 g/mol. The second-order valence-electron chi connectivity index (χ2n) is 9.20. The maximum Gasteiger partial charge on any atom is 0.255 e. The summed E-state index contributed by atoms with van der Waals surface area (Å²) in [5.41, 5.74) is 3.80. The minimum Gasteiger partial charge on any atom is -0.486 e. The molecule has 3 aliphatic rings. The van der Waals surface area contributed by atoms with E-state index in [-0.39, 0.29) is 12.0 Å². The van der Waals surface area contributed by atoms with Crippen LogP contribution in [-0.4, -0.2) is 31.8 Å². The average Bonchev–Trinajstić information content (AvgIpc) is 3.43. The molecule has 1 atom stereocenters. The lowest BCUT2D eigenvalue weighted by Gasteiger charge is -2.26. The molecule has 5 rings (SSSR count). The van der Waals surface area contributed by atoms with Gasteiger partial charge in [-0.2, -0.15) is 0 Å². The molecule has 0 spiro atoms. The molecular formula is C26H31NO4. The Labute approximate surface area is 184 Å². The molecule has 5 nitrogen and oxygen atoms in total. The van der Waals surface area contributed by atoms with Crippen LogP contribution in [-0.2, 0) is 4.74 Å². The molecule has 1 unspecified atom stereocenters. The third-order valence-electron chi connectivity index (χ3n) is 6.60. The lowest BCUT2D eigenvalue weighted by Crippen LogP contribution is -2.33. The molecule has 0 radical (unpaired) electrons. The van der Waals surface area contributed by atoms with Gasteiger partial charge in [-0.15, -0.1) is 0 Å². The number of carbonyl (C=O) groups excluding carboxylic acids is 1. The van der Waals surface area contributed by atoms with E-state index in [1.165, 1.54) is 44.1 Å². The molecule has 5 heteroatoms. The van der Waals surface area contributed by atoms with Crippen LogP contribution in [0, 0.1) is 12.8 Å². The molecule has 2 aliphatic carbocycles. The maximum atomic E-state index is 12.9. The van der Waals surface area contributed by atoms with Crippen LogP contribution in [0.15, 0.2) is 36.4 Å². The third kappa shape index (κ3) is 4.87. The number of fused-ring (bicyclic) bond motifs is 1. The van der Waals surface area contributed by atoms with E-state index in [1.54, 1.807) is 0 Å². The fourth-order valence-corrected chi connectivity index (χ4v) is 4.58. The zero-order valence-electron chi connectivity index (χ0n) is 18.2. The Morgan fingerprint density at radius 2 is 1.87 bits per heavy atom. The quantitative estimate of drug-likeness (QED) is 0.644. The molecule has 0 bridgehead atoms. The maximum absolute atomic E-state index is 12.9. The first-order chi connectivity index (χ1) is 15.2. The first kappa shape index (κ1) is 20.4. The molecule has 2 fully saturated rings. The largest absolute Gasteiger partial charge is 0.486 e. The lowest BCUT2D eigenvalue weighted by molar-refractivity contribution is 0.00576. The summed E-state index contributed by atoms with van der Waals surface area (Å²) in [6.07, 6.45) is 7.61. The molecule has 2 aromatic rings. The summed E-state index contributed by atoms with van der Waals surface area (Å²) in [4.78, 5) is 12.9. The van der Waals surface area contributed by atoms with Gasteiger partial charge in [0.15, 0.2) is 17.6 Å². The number of anilines is 1. The van der Waals surface area contributed by atoms with Crippen molar-refractivity contribution in [2.75, 3.05) is 25.1 Å². The van der Waals surface area contributed by atoms with E-state index < -0.39 is 0 Å². The highest BCUT2D eigenvalue weighted by Crippen LogP contribution is 2.36. The van der Waals surface area contributed by atoms with Crippen LogP contribution in [0.1, 0.15) is 65.9 Å². The van der Waals surface area contributed by atoms with E-state index in [1.807, 2.05) is 31.2 Å². The van der Waals surface area contributed by atoms with Gasteiger partial charge in [0.2, 0.25) is 0 Å². The van der Waals surface area contributed by atoms with Gasteiger partial charge in [-0.05, 0) is 73.8 Å². The van der Waals surface area contributed by atoms with E-state index in [2.05, 4.69) is 17.4 Å². The van der Waals surface area contributed by atoms with Crippen LogP contribution in [0.2, 0.25) is 0 Å². The van der Waals surface area contributed by atoms with Gasteiger partial charge in [-0.3, -0.25) is 4.79 Å². The Morgan fingerprint density at radius 3 is 2.65 bits per heavy atom. The molecule has 2 saturated carbocycles. The van der Waals surface area contributed by atoms with Crippen LogP contribution < -0.4 is 14.8 Å². The Hall–Kier alpha value is -2.53. The van der Waals surface area contributed by atoms with Crippen molar-refractivity contribution in [3.8, 4) is 11.5 Å². The first-order valence-corrected chi connectivity index (χ1v) is 11.6. The predicted molar refractivity (Wildman–Crippen MR) is 120 cm³/mol. The Kier molecular flexibility index (Phi) is 5.86. The number of carbonyl (C=O) groups is 1. The molecule has 164 valence electrons. The van der Waals surface area contributed by atoms with Crippen LogP contribution in [0.25, 0.3) is 0 Å². The minimum absolute atomic E-state index is 0.0901. The zero-order chi connectivity index (χ0) is 21.2. The van der Waals surface area contributed by atoms with Crippen molar-refractivity contribution in [2.24, 2.45) is 5.92 Å². The van der Waals surface area contributed by atoms with Gasteiger partial charge in [0.25, 0.3) is 5.91 Å². The summed E-state index contributed by atoms with van der Waals surface area (Å²) in [6, 6.07) is 11.8. The molecule has 1 amide bonds. The second-order valence-corrected chi connectivity index (χ2v) is 9.20. The fraction of sp³-hybridized carbons (Fsp3) is 0.500. The van der Waals surface area contributed by atoms with Crippen molar-refractivity contribution in [2.45, 2.75) is 57.5 Å². The van der Waals surface area contributed by atoms with Crippen LogP contribution in [0.5, 0.6) is 11.5 Å². The molecule has 0 aromatic heterocycles. The Bertz CT molecular complexity index is 946. The molecular weight excluding hydrogens is 390 g/mol. The molecule has 1 heterocycles. The van der Waals surface area contributed by atoms with E-state index in [0.717, 1.165) is 18.1 Å². The van der Waals surface area contributed by atoms with Gasteiger partial charge < -0.3 is 19.5 Å². The van der Waals surface area contributed by atoms with Crippen molar-refractivity contribution >= 4 is 11.6 Å². The number of hydrogen-bond donors (Lipinski definition) is 1. The van der Waals surface area contributed by atoms with Gasteiger partial charge in [-0.1, -0.05) is 25.0 Å². The number of hydrogen-bond acceptors (Lipinski definition) is 4. The average molecular weight is 422 g/mol. The van der Waals surface area contributed by atoms with Gasteiger partial charge in [0.1, 0.15) is 6.61 Å². The highest BCUT2D eigenvalue weighted by atomic mass is 16.6. The van der Waals surface area contributed by atoms with E-state index in [9.17, 15) is 4.79 Å². The van der Waals surface area contributed by atoms with Crippen molar-refractivity contribution < 1.29 is 19.0 Å². The number of nitrogens with one attached hydrogen (secondary N) is 1. The van der Waals surface area contributed by atoms with Gasteiger partial charge in [0, 0.05) is 23.9 Å². The number of aryl methyl sites for hydroxylation is 1. The van der Waals surface area contributed by atoms with E-state index in [0.29, 0.717) is 41.9 Å². The highest BCUT2D eigenvalue weighted by molar-refractivity contribution is 6.05. The van der Waals surface area contributed by atoms with Gasteiger partial charge in [-0.25, -0.2) is 0 Å². The first-order valence-electron chi connectivity index (χ1n) is 11.6. The normalized spacial score (nSPS) is 20.6. The summed E-state index contributed by atoms with van der Waals surface area (Å²) in [6.45, 7) is 3.84. The number of rotatable bonds is 7. The SMILES string of the molecule is Cc1cc(C2CCCC2)ccc1C(=O)Nc1ccc2c(c1)OCC(COCC1CC1)O2. The summed E-state index contributed by atoms with van der Waals surface area (Å²) in [7, 11) is 0. The summed E-state index contributed by atoms with van der Waals surface area (Å²) >= 11 is 0. The van der Waals surface area contributed by atoms with Crippen LogP contribution in [0.3, 0.4) is 0 Å². The van der Waals surface area contributed by atoms with E-state index in [4.69, 9.17) is 14.2 Å². The van der Waals surface area contributed by atoms with Gasteiger partial charge >= 0.3 is 0 Å². The fourth-order valence-electron chi connectivity index (χ4n) is 4.58. The van der Waals surface area contributed by atoms with E-state index >= 15 is 0 Å². The Balaban J connectivity index is 1.20. The third-order valence-corrected chi connectivity index (χ3v) is 6.60. The Morgan fingerprint density at radius 1 is 1.03 bits per heavy atom. The molecule has 0 saturated heterocycles. The summed E-state index contributed by atoms with van der Waals surface area (Å²) in [5.74, 6) is 2.64. The van der Waals surface area contributed by atoms with Crippen LogP contribution >= 0.6 is 0 Å². The smallest absolute Gasteiger partial charge is 0.255 e.